The van der Waals surface area contributed by atoms with Gasteiger partial charge in [-0.2, -0.15) is 0 Å². The number of halogens is 2. The molecule has 2 heterocycles. The van der Waals surface area contributed by atoms with Gasteiger partial charge in [0.1, 0.15) is 5.82 Å². The summed E-state index contributed by atoms with van der Waals surface area (Å²) in [6.45, 7) is 1.62. The van der Waals surface area contributed by atoms with Gasteiger partial charge < -0.3 is 0 Å². The van der Waals surface area contributed by atoms with Gasteiger partial charge >= 0.3 is 6.03 Å². The second-order valence-corrected chi connectivity index (χ2v) is 8.27. The molecule has 29 heavy (non-hydrogen) atoms. The molecular weight excluding hydrogens is 453 g/mol. The zero-order chi connectivity index (χ0) is 20.7. The lowest BCUT2D eigenvalue weighted by molar-refractivity contribution is 0.256. The summed E-state index contributed by atoms with van der Waals surface area (Å²) in [5, 5.41) is 6.73. The number of fused-ring (bicyclic) bond motifs is 2. The van der Waals surface area contributed by atoms with Crippen molar-refractivity contribution in [2.75, 3.05) is 5.32 Å². The van der Waals surface area contributed by atoms with Crippen LogP contribution >= 0.6 is 46.8 Å². The molecule has 11 heteroatoms. The topological polar surface area (TPSA) is 88.9 Å². The van der Waals surface area contributed by atoms with Gasteiger partial charge in [-0.3, -0.25) is 15.4 Å². The standard InChI is InChI=1S/C18H11Cl2N5O2S2/c1-8-21-12-6-9(19)2-4-11(12)15(26)25(8)18(28)24-16(27)23-17-22-13-7-10(20)3-5-14(13)29-17/h2-7H,1H3,(H2,22,23,24,27,28). The molecule has 0 bridgehead atoms. The van der Waals surface area contributed by atoms with Crippen molar-refractivity contribution in [1.82, 2.24) is 19.9 Å². The fraction of sp³-hybridized carbons (Fsp3) is 0.0556. The van der Waals surface area contributed by atoms with E-state index in [0.717, 1.165) is 9.27 Å². The predicted octanol–water partition coefficient (Wildman–Crippen LogP) is 4.58. The summed E-state index contributed by atoms with van der Waals surface area (Å²) in [6, 6.07) is 9.40. The summed E-state index contributed by atoms with van der Waals surface area (Å²) in [7, 11) is 0. The van der Waals surface area contributed by atoms with Crippen molar-refractivity contribution in [3.8, 4) is 0 Å². The number of rotatable bonds is 1. The van der Waals surface area contributed by atoms with E-state index in [1.54, 1.807) is 37.3 Å². The van der Waals surface area contributed by atoms with E-state index in [2.05, 4.69) is 20.6 Å². The molecule has 0 aliphatic carbocycles. The molecule has 4 rings (SSSR count). The molecular formula is C18H11Cl2N5O2S2. The Bertz CT molecular complexity index is 1370. The zero-order valence-electron chi connectivity index (χ0n) is 14.7. The smallest absolute Gasteiger partial charge is 0.284 e. The highest BCUT2D eigenvalue weighted by molar-refractivity contribution is 7.80. The Morgan fingerprint density at radius 3 is 2.55 bits per heavy atom. The van der Waals surface area contributed by atoms with Crippen LogP contribution in [0.15, 0.2) is 41.2 Å². The molecule has 146 valence electrons. The molecule has 0 atom stereocenters. The summed E-state index contributed by atoms with van der Waals surface area (Å²) in [4.78, 5) is 33.8. The number of anilines is 1. The van der Waals surface area contributed by atoms with Crippen LogP contribution in [0.3, 0.4) is 0 Å². The van der Waals surface area contributed by atoms with Gasteiger partial charge in [0.25, 0.3) is 5.56 Å². The van der Waals surface area contributed by atoms with Crippen molar-refractivity contribution in [2.45, 2.75) is 6.92 Å². The number of hydrogen-bond acceptors (Lipinski definition) is 6. The molecule has 2 N–H and O–H groups in total. The Morgan fingerprint density at radius 1 is 1.10 bits per heavy atom. The highest BCUT2D eigenvalue weighted by atomic mass is 35.5. The van der Waals surface area contributed by atoms with Crippen molar-refractivity contribution in [3.63, 3.8) is 0 Å². The molecule has 0 spiro atoms. The van der Waals surface area contributed by atoms with Crippen LogP contribution in [0.1, 0.15) is 5.82 Å². The van der Waals surface area contributed by atoms with Gasteiger partial charge in [-0.15, -0.1) is 0 Å². The van der Waals surface area contributed by atoms with E-state index in [1.807, 2.05) is 6.07 Å². The van der Waals surface area contributed by atoms with Crippen LogP contribution in [0, 0.1) is 6.92 Å². The average molecular weight is 464 g/mol. The van der Waals surface area contributed by atoms with Crippen LogP contribution in [0.5, 0.6) is 0 Å². The Balaban J connectivity index is 1.57. The molecule has 0 fully saturated rings. The number of nitrogens with one attached hydrogen (secondary N) is 2. The second-order valence-electron chi connectivity index (χ2n) is 5.98. The van der Waals surface area contributed by atoms with E-state index < -0.39 is 11.6 Å². The third-order valence-electron chi connectivity index (χ3n) is 3.99. The largest absolute Gasteiger partial charge is 0.327 e. The summed E-state index contributed by atoms with van der Waals surface area (Å²) < 4.78 is 2.03. The molecule has 0 radical (unpaired) electrons. The number of benzene rings is 2. The summed E-state index contributed by atoms with van der Waals surface area (Å²) >= 11 is 18.4. The monoisotopic (exact) mass is 463 g/mol. The van der Waals surface area contributed by atoms with Crippen molar-refractivity contribution < 1.29 is 4.79 Å². The third kappa shape index (κ3) is 3.95. The van der Waals surface area contributed by atoms with Gasteiger partial charge in [0.05, 0.1) is 21.1 Å². The Labute approximate surface area is 183 Å². The number of carbonyl (C=O) groups is 1. The van der Waals surface area contributed by atoms with Crippen molar-refractivity contribution in [1.29, 1.82) is 0 Å². The van der Waals surface area contributed by atoms with E-state index in [-0.39, 0.29) is 5.11 Å². The molecule has 4 aromatic rings. The van der Waals surface area contributed by atoms with Crippen LogP contribution in [0.4, 0.5) is 9.93 Å². The molecule has 2 aromatic carbocycles. The molecule has 2 amide bonds. The van der Waals surface area contributed by atoms with E-state index in [0.29, 0.717) is 37.4 Å². The Hall–Kier alpha value is -2.59. The molecule has 0 saturated carbocycles. The second kappa shape index (κ2) is 7.68. The maximum atomic E-state index is 12.8. The number of nitrogens with zero attached hydrogens (tertiary/aromatic N) is 3. The van der Waals surface area contributed by atoms with E-state index >= 15 is 0 Å². The van der Waals surface area contributed by atoms with E-state index in [1.165, 1.54) is 11.3 Å². The minimum absolute atomic E-state index is 0.0986. The number of hydrogen-bond donors (Lipinski definition) is 2. The first-order valence-electron chi connectivity index (χ1n) is 8.19. The lowest BCUT2D eigenvalue weighted by Gasteiger charge is -2.12. The van der Waals surface area contributed by atoms with Gasteiger partial charge in [-0.05, 0) is 55.5 Å². The van der Waals surface area contributed by atoms with Crippen molar-refractivity contribution in [3.05, 3.63) is 62.6 Å². The number of urea groups is 1. The fourth-order valence-electron chi connectivity index (χ4n) is 2.74. The zero-order valence-corrected chi connectivity index (χ0v) is 17.8. The number of amides is 2. The fourth-order valence-corrected chi connectivity index (χ4v) is 4.23. The molecule has 0 unspecified atom stereocenters. The Morgan fingerprint density at radius 2 is 1.79 bits per heavy atom. The number of carbonyl (C=O) groups excluding carboxylic acids is 1. The number of thiocarbonyl (C=S) groups is 1. The molecule has 0 aliphatic rings. The van der Waals surface area contributed by atoms with Crippen LogP contribution < -0.4 is 16.2 Å². The highest BCUT2D eigenvalue weighted by Crippen LogP contribution is 2.27. The number of aromatic nitrogens is 3. The maximum Gasteiger partial charge on any atom is 0.327 e. The number of thiazole rings is 1. The lowest BCUT2D eigenvalue weighted by Crippen LogP contribution is -2.42. The van der Waals surface area contributed by atoms with Gasteiger partial charge in [-0.25, -0.2) is 19.3 Å². The molecule has 7 nitrogen and oxygen atoms in total. The van der Waals surface area contributed by atoms with Crippen molar-refractivity contribution in [2.24, 2.45) is 0 Å². The first kappa shape index (κ1) is 19.7. The first-order chi connectivity index (χ1) is 13.8. The van der Waals surface area contributed by atoms with Crippen LogP contribution in [-0.4, -0.2) is 25.7 Å². The van der Waals surface area contributed by atoms with Gasteiger partial charge in [0, 0.05) is 10.0 Å². The summed E-state index contributed by atoms with van der Waals surface area (Å²) in [5.41, 5.74) is 0.727. The SMILES string of the molecule is Cc1nc2cc(Cl)ccc2c(=O)n1C(=S)NC(=O)Nc1nc2cc(Cl)ccc2s1. The predicted molar refractivity (Wildman–Crippen MR) is 121 cm³/mol. The number of aryl methyl sites for hydroxylation is 1. The lowest BCUT2D eigenvalue weighted by atomic mass is 10.2. The van der Waals surface area contributed by atoms with Crippen LogP contribution in [-0.2, 0) is 0 Å². The quantitative estimate of drug-likeness (QED) is 0.403. The average Bonchev–Trinajstić information content (AvgIpc) is 3.02. The van der Waals surface area contributed by atoms with Gasteiger partial charge in [0.2, 0.25) is 0 Å². The van der Waals surface area contributed by atoms with Crippen LogP contribution in [0.25, 0.3) is 21.1 Å². The van der Waals surface area contributed by atoms with Gasteiger partial charge in [0.15, 0.2) is 10.2 Å². The minimum Gasteiger partial charge on any atom is -0.284 e. The first-order valence-corrected chi connectivity index (χ1v) is 10.2. The molecule has 0 saturated heterocycles. The summed E-state index contributed by atoms with van der Waals surface area (Å²) in [5.74, 6) is 0.324. The minimum atomic E-state index is -0.623. The molecule has 2 aromatic heterocycles. The molecule has 0 aliphatic heterocycles. The highest BCUT2D eigenvalue weighted by Gasteiger charge is 2.15. The van der Waals surface area contributed by atoms with E-state index in [4.69, 9.17) is 35.4 Å². The van der Waals surface area contributed by atoms with Gasteiger partial charge in [-0.1, -0.05) is 34.5 Å². The normalized spacial score (nSPS) is 11.0. The van der Waals surface area contributed by atoms with Crippen LogP contribution in [0.2, 0.25) is 10.0 Å². The third-order valence-corrected chi connectivity index (χ3v) is 5.70. The maximum absolute atomic E-state index is 12.8. The van der Waals surface area contributed by atoms with Crippen molar-refractivity contribution >= 4 is 84.2 Å². The summed E-state index contributed by atoms with van der Waals surface area (Å²) in [6.07, 6.45) is 0. The van der Waals surface area contributed by atoms with E-state index in [9.17, 15) is 9.59 Å². The Kier molecular flexibility index (Phi) is 5.22.